The highest BCUT2D eigenvalue weighted by Gasteiger charge is 2.21. The van der Waals surface area contributed by atoms with E-state index in [9.17, 15) is 14.4 Å². The number of aromatic nitrogens is 4. The van der Waals surface area contributed by atoms with E-state index in [1.807, 2.05) is 0 Å². The summed E-state index contributed by atoms with van der Waals surface area (Å²) in [6, 6.07) is 11.6. The average Bonchev–Trinajstić information content (AvgIpc) is 2.94. The molecule has 2 aromatic heterocycles. The zero-order chi connectivity index (χ0) is 20.9. The standard InChI is InChI=1S/C21H17ClN4O3/c1-11-18(21(29)25(3)24-11)19(27)13-8-9-16-14(10-13)20(28)26(12(2)23-16)17-7-5-4-6-15(17)22/h4-10,24H,1-3H3. The van der Waals surface area contributed by atoms with Gasteiger partial charge < -0.3 is 0 Å². The minimum absolute atomic E-state index is 0.0540. The monoisotopic (exact) mass is 408 g/mol. The topological polar surface area (TPSA) is 89.8 Å². The van der Waals surface area contributed by atoms with E-state index < -0.39 is 11.3 Å². The van der Waals surface area contributed by atoms with Crippen LogP contribution in [0.2, 0.25) is 5.02 Å². The summed E-state index contributed by atoms with van der Waals surface area (Å²) in [6.45, 7) is 3.38. The number of aryl methyl sites for hydroxylation is 3. The van der Waals surface area contributed by atoms with Gasteiger partial charge in [-0.25, -0.2) is 4.98 Å². The van der Waals surface area contributed by atoms with E-state index in [-0.39, 0.29) is 22.1 Å². The molecule has 4 rings (SSSR count). The number of nitrogens with zero attached hydrogens (tertiary/aromatic N) is 3. The van der Waals surface area contributed by atoms with Crippen LogP contribution in [0.3, 0.4) is 0 Å². The van der Waals surface area contributed by atoms with Crippen molar-refractivity contribution in [3.8, 4) is 5.69 Å². The lowest BCUT2D eigenvalue weighted by molar-refractivity contribution is 0.103. The normalized spacial score (nSPS) is 11.2. The molecule has 0 unspecified atom stereocenters. The molecule has 0 aliphatic heterocycles. The Hall–Kier alpha value is -3.45. The van der Waals surface area contributed by atoms with Crippen molar-refractivity contribution in [2.75, 3.05) is 0 Å². The van der Waals surface area contributed by atoms with E-state index in [2.05, 4.69) is 10.1 Å². The molecule has 0 aliphatic carbocycles. The molecule has 7 nitrogen and oxygen atoms in total. The number of fused-ring (bicyclic) bond motifs is 1. The van der Waals surface area contributed by atoms with Gasteiger partial charge in [0.1, 0.15) is 11.4 Å². The molecular formula is C21H17ClN4O3. The van der Waals surface area contributed by atoms with Crippen LogP contribution in [-0.2, 0) is 7.05 Å². The van der Waals surface area contributed by atoms with Gasteiger partial charge in [0, 0.05) is 18.3 Å². The number of H-pyrrole nitrogens is 1. The van der Waals surface area contributed by atoms with Crippen LogP contribution in [0.15, 0.2) is 52.1 Å². The summed E-state index contributed by atoms with van der Waals surface area (Å²) in [6.07, 6.45) is 0. The van der Waals surface area contributed by atoms with E-state index in [1.54, 1.807) is 57.3 Å². The number of para-hydroxylation sites is 1. The Morgan fingerprint density at radius 3 is 2.45 bits per heavy atom. The summed E-state index contributed by atoms with van der Waals surface area (Å²) in [5.74, 6) is 0.0283. The van der Waals surface area contributed by atoms with Gasteiger partial charge in [-0.2, -0.15) is 0 Å². The van der Waals surface area contributed by atoms with Crippen molar-refractivity contribution in [2.45, 2.75) is 13.8 Å². The molecule has 4 aromatic rings. The fourth-order valence-electron chi connectivity index (χ4n) is 3.45. The smallest absolute Gasteiger partial charge is 0.277 e. The first-order valence-electron chi connectivity index (χ1n) is 8.88. The molecule has 0 amide bonds. The number of ketones is 1. The van der Waals surface area contributed by atoms with Gasteiger partial charge in [0.15, 0.2) is 5.78 Å². The maximum absolute atomic E-state index is 13.2. The fourth-order valence-corrected chi connectivity index (χ4v) is 3.67. The molecule has 2 heterocycles. The molecular weight excluding hydrogens is 392 g/mol. The average molecular weight is 409 g/mol. The predicted molar refractivity (Wildman–Crippen MR) is 111 cm³/mol. The molecule has 146 valence electrons. The second-order valence-electron chi connectivity index (χ2n) is 6.79. The van der Waals surface area contributed by atoms with Gasteiger partial charge >= 0.3 is 0 Å². The lowest BCUT2D eigenvalue weighted by atomic mass is 10.0. The van der Waals surface area contributed by atoms with Crippen molar-refractivity contribution in [3.63, 3.8) is 0 Å². The highest BCUT2D eigenvalue weighted by atomic mass is 35.5. The molecule has 1 N–H and O–H groups in total. The van der Waals surface area contributed by atoms with Gasteiger partial charge in [0.2, 0.25) is 0 Å². The highest BCUT2D eigenvalue weighted by molar-refractivity contribution is 6.32. The number of nitrogens with one attached hydrogen (secondary N) is 1. The summed E-state index contributed by atoms with van der Waals surface area (Å²) < 4.78 is 2.67. The molecule has 0 saturated carbocycles. The molecule has 0 radical (unpaired) electrons. The van der Waals surface area contributed by atoms with Crippen molar-refractivity contribution < 1.29 is 4.79 Å². The molecule has 0 bridgehead atoms. The first-order chi connectivity index (χ1) is 13.8. The number of hydrogen-bond donors (Lipinski definition) is 1. The molecule has 2 aromatic carbocycles. The quantitative estimate of drug-likeness (QED) is 0.528. The number of hydrogen-bond acceptors (Lipinski definition) is 4. The van der Waals surface area contributed by atoms with E-state index in [0.717, 1.165) is 0 Å². The van der Waals surface area contributed by atoms with Crippen LogP contribution < -0.4 is 11.1 Å². The van der Waals surface area contributed by atoms with Gasteiger partial charge in [0.05, 0.1) is 21.6 Å². The highest BCUT2D eigenvalue weighted by Crippen LogP contribution is 2.21. The third kappa shape index (κ3) is 3.00. The van der Waals surface area contributed by atoms with Gasteiger partial charge in [-0.15, -0.1) is 0 Å². The van der Waals surface area contributed by atoms with E-state index in [4.69, 9.17) is 11.6 Å². The Balaban J connectivity index is 1.95. The minimum atomic E-state index is -0.449. The van der Waals surface area contributed by atoms with Crippen molar-refractivity contribution in [3.05, 3.63) is 90.8 Å². The zero-order valence-corrected chi connectivity index (χ0v) is 16.7. The number of carbonyl (C=O) groups is 1. The van der Waals surface area contributed by atoms with Crippen molar-refractivity contribution in [1.29, 1.82) is 0 Å². The molecule has 0 spiro atoms. The Bertz CT molecular complexity index is 1410. The molecule has 0 aliphatic rings. The number of carbonyl (C=O) groups excluding carboxylic acids is 1. The lowest BCUT2D eigenvalue weighted by Gasteiger charge is -2.12. The van der Waals surface area contributed by atoms with E-state index >= 15 is 0 Å². The predicted octanol–water partition coefficient (Wildman–Crippen LogP) is 2.91. The van der Waals surface area contributed by atoms with Crippen LogP contribution in [0.25, 0.3) is 16.6 Å². The third-order valence-corrected chi connectivity index (χ3v) is 5.17. The third-order valence-electron chi connectivity index (χ3n) is 4.85. The number of aromatic amines is 1. The Kier molecular flexibility index (Phi) is 4.47. The SMILES string of the molecule is Cc1[nH]n(C)c(=O)c1C(=O)c1ccc2nc(C)n(-c3ccccc3Cl)c(=O)c2c1. The van der Waals surface area contributed by atoms with Gasteiger partial charge in [0.25, 0.3) is 11.1 Å². The van der Waals surface area contributed by atoms with Gasteiger partial charge in [-0.05, 0) is 44.2 Å². The lowest BCUT2D eigenvalue weighted by Crippen LogP contribution is -2.23. The Labute approximate surface area is 170 Å². The second kappa shape index (κ2) is 6.86. The molecule has 0 saturated heterocycles. The van der Waals surface area contributed by atoms with Crippen LogP contribution in [0.5, 0.6) is 0 Å². The summed E-state index contributed by atoms with van der Waals surface area (Å²) in [4.78, 5) is 42.9. The zero-order valence-electron chi connectivity index (χ0n) is 16.0. The van der Waals surface area contributed by atoms with E-state index in [0.29, 0.717) is 27.7 Å². The van der Waals surface area contributed by atoms with Crippen LogP contribution >= 0.6 is 11.6 Å². The molecule has 0 atom stereocenters. The largest absolute Gasteiger partial charge is 0.299 e. The summed E-state index contributed by atoms with van der Waals surface area (Å²) in [5.41, 5.74) is 0.989. The number of halogens is 1. The maximum atomic E-state index is 13.2. The maximum Gasteiger partial charge on any atom is 0.277 e. The summed E-state index contributed by atoms with van der Waals surface area (Å²) in [5, 5.41) is 3.49. The van der Waals surface area contributed by atoms with Crippen molar-refractivity contribution in [2.24, 2.45) is 7.05 Å². The molecule has 8 heteroatoms. The Morgan fingerprint density at radius 1 is 1.07 bits per heavy atom. The van der Waals surface area contributed by atoms with Crippen molar-refractivity contribution >= 4 is 28.3 Å². The van der Waals surface area contributed by atoms with Crippen molar-refractivity contribution in [1.82, 2.24) is 19.3 Å². The van der Waals surface area contributed by atoms with E-state index in [1.165, 1.54) is 15.3 Å². The van der Waals surface area contributed by atoms with Gasteiger partial charge in [-0.1, -0.05) is 23.7 Å². The first-order valence-corrected chi connectivity index (χ1v) is 9.26. The van der Waals surface area contributed by atoms with Crippen LogP contribution in [0, 0.1) is 13.8 Å². The summed E-state index contributed by atoms with van der Waals surface area (Å²) >= 11 is 6.27. The molecule has 0 fully saturated rings. The minimum Gasteiger partial charge on any atom is -0.299 e. The second-order valence-corrected chi connectivity index (χ2v) is 7.20. The number of benzene rings is 2. The van der Waals surface area contributed by atoms with Crippen LogP contribution in [0.4, 0.5) is 0 Å². The van der Waals surface area contributed by atoms with Gasteiger partial charge in [-0.3, -0.25) is 28.7 Å². The number of rotatable bonds is 3. The summed E-state index contributed by atoms with van der Waals surface area (Å²) in [7, 11) is 1.54. The molecule has 29 heavy (non-hydrogen) atoms. The van der Waals surface area contributed by atoms with Crippen LogP contribution in [0.1, 0.15) is 27.4 Å². The van der Waals surface area contributed by atoms with Crippen LogP contribution in [-0.4, -0.2) is 25.1 Å². The Morgan fingerprint density at radius 2 is 1.79 bits per heavy atom. The first kappa shape index (κ1) is 18.9. The fraction of sp³-hybridized carbons (Fsp3) is 0.143.